The van der Waals surface area contributed by atoms with Crippen molar-refractivity contribution in [2.24, 2.45) is 0 Å². The Bertz CT molecular complexity index is 1100. The molecule has 3 aromatic rings. The second-order valence-electron chi connectivity index (χ2n) is 8.23. The largest absolute Gasteiger partial charge is 0.416 e. The van der Waals surface area contributed by atoms with E-state index in [1.165, 1.54) is 23.5 Å². The number of hydrogen-bond donors (Lipinski definition) is 1. The van der Waals surface area contributed by atoms with E-state index in [1.807, 2.05) is 12.1 Å². The summed E-state index contributed by atoms with van der Waals surface area (Å²) < 4.78 is 38.9. The number of carbonyl (C=O) groups excluding carboxylic acids is 2. The molecule has 0 aliphatic carbocycles. The van der Waals surface area contributed by atoms with Gasteiger partial charge in [-0.15, -0.1) is 11.3 Å². The summed E-state index contributed by atoms with van der Waals surface area (Å²) in [7, 11) is 0. The van der Waals surface area contributed by atoms with Gasteiger partial charge in [-0.3, -0.25) is 14.6 Å². The minimum atomic E-state index is -4.44. The van der Waals surface area contributed by atoms with E-state index in [9.17, 15) is 22.8 Å². The standard InChI is InChI=1S/C25H24F3N3O2S/c26-25(27,28)19-10-8-17(9-11-19)15-20(30-23(32)22-7-4-14-34-22)24(33)31-13-2-1-6-21(31)18-5-3-12-29-16-18/h3-5,7-12,14,16,20-21H,1-2,6,13,15H2,(H,30,32)/t20-,21+/m0/s1. The molecule has 0 spiro atoms. The summed E-state index contributed by atoms with van der Waals surface area (Å²) in [6, 6.07) is 10.8. The molecule has 178 valence electrons. The number of benzene rings is 1. The van der Waals surface area contributed by atoms with Crippen LogP contribution in [0.4, 0.5) is 13.2 Å². The van der Waals surface area contributed by atoms with E-state index in [0.29, 0.717) is 17.0 Å². The lowest BCUT2D eigenvalue weighted by molar-refractivity contribution is -0.138. The Morgan fingerprint density at radius 2 is 1.91 bits per heavy atom. The normalized spacial score (nSPS) is 17.3. The fraction of sp³-hybridized carbons (Fsp3) is 0.320. The van der Waals surface area contributed by atoms with Crippen molar-refractivity contribution in [1.29, 1.82) is 0 Å². The number of thiophene rings is 1. The van der Waals surface area contributed by atoms with Gasteiger partial charge in [0, 0.05) is 25.4 Å². The quantitative estimate of drug-likeness (QED) is 0.516. The highest BCUT2D eigenvalue weighted by atomic mass is 32.1. The molecular formula is C25H24F3N3O2S. The molecule has 2 atom stereocenters. The van der Waals surface area contributed by atoms with Gasteiger partial charge in [-0.05, 0) is 60.0 Å². The van der Waals surface area contributed by atoms with Crippen molar-refractivity contribution < 1.29 is 22.8 Å². The number of aromatic nitrogens is 1. The highest BCUT2D eigenvalue weighted by molar-refractivity contribution is 7.12. The highest BCUT2D eigenvalue weighted by Gasteiger charge is 2.34. The first-order valence-corrected chi connectivity index (χ1v) is 11.9. The average Bonchev–Trinajstić information content (AvgIpc) is 3.39. The molecule has 34 heavy (non-hydrogen) atoms. The maximum absolute atomic E-state index is 13.7. The van der Waals surface area contributed by atoms with E-state index in [4.69, 9.17) is 0 Å². The molecule has 0 bridgehead atoms. The molecule has 1 aliphatic heterocycles. The predicted molar refractivity (Wildman–Crippen MR) is 123 cm³/mol. The van der Waals surface area contributed by atoms with Gasteiger partial charge in [0.1, 0.15) is 6.04 Å². The number of carbonyl (C=O) groups is 2. The smallest absolute Gasteiger partial charge is 0.339 e. The first-order chi connectivity index (χ1) is 16.3. The molecule has 0 unspecified atom stereocenters. The van der Waals surface area contributed by atoms with Crippen molar-refractivity contribution >= 4 is 23.2 Å². The Balaban J connectivity index is 1.59. The molecule has 1 N–H and O–H groups in total. The molecular weight excluding hydrogens is 463 g/mol. The van der Waals surface area contributed by atoms with E-state index in [2.05, 4.69) is 10.3 Å². The van der Waals surface area contributed by atoms with Crippen LogP contribution in [0.25, 0.3) is 0 Å². The third-order valence-electron chi connectivity index (χ3n) is 5.92. The molecule has 5 nitrogen and oxygen atoms in total. The minimum absolute atomic E-state index is 0.0876. The predicted octanol–water partition coefficient (Wildman–Crippen LogP) is 5.26. The molecule has 3 heterocycles. The van der Waals surface area contributed by atoms with E-state index >= 15 is 0 Å². The molecule has 1 fully saturated rings. The Morgan fingerprint density at radius 1 is 1.12 bits per heavy atom. The zero-order valence-electron chi connectivity index (χ0n) is 18.3. The summed E-state index contributed by atoms with van der Waals surface area (Å²) in [5.41, 5.74) is 0.704. The monoisotopic (exact) mass is 487 g/mol. The van der Waals surface area contributed by atoms with Crippen LogP contribution in [0, 0.1) is 0 Å². The number of nitrogens with one attached hydrogen (secondary N) is 1. The number of amides is 2. The molecule has 9 heteroatoms. The van der Waals surface area contributed by atoms with E-state index < -0.39 is 17.8 Å². The summed E-state index contributed by atoms with van der Waals surface area (Å²) in [6.07, 6.45) is 1.65. The van der Waals surface area contributed by atoms with Gasteiger partial charge in [-0.25, -0.2) is 0 Å². The molecule has 1 aromatic carbocycles. The Labute approximate surface area is 199 Å². The maximum Gasteiger partial charge on any atom is 0.416 e. The summed E-state index contributed by atoms with van der Waals surface area (Å²) in [4.78, 5) is 32.9. The van der Waals surface area contributed by atoms with Crippen LogP contribution in [0.15, 0.2) is 66.3 Å². The van der Waals surface area contributed by atoms with Gasteiger partial charge in [0.05, 0.1) is 16.5 Å². The summed E-state index contributed by atoms with van der Waals surface area (Å²) in [6.45, 7) is 0.538. The van der Waals surface area contributed by atoms with E-state index in [-0.39, 0.29) is 24.3 Å². The van der Waals surface area contributed by atoms with Crippen LogP contribution >= 0.6 is 11.3 Å². The first kappa shape index (κ1) is 23.9. The lowest BCUT2D eigenvalue weighted by Gasteiger charge is -2.38. The second-order valence-corrected chi connectivity index (χ2v) is 9.18. The van der Waals surface area contributed by atoms with Crippen LogP contribution < -0.4 is 5.32 Å². The molecule has 2 amide bonds. The fourth-order valence-corrected chi connectivity index (χ4v) is 4.84. The van der Waals surface area contributed by atoms with Gasteiger partial charge in [-0.2, -0.15) is 13.2 Å². The van der Waals surface area contributed by atoms with Gasteiger partial charge < -0.3 is 10.2 Å². The molecule has 4 rings (SSSR count). The van der Waals surface area contributed by atoms with E-state index in [1.54, 1.807) is 34.8 Å². The third kappa shape index (κ3) is 5.64. The van der Waals surface area contributed by atoms with Crippen molar-refractivity contribution in [3.63, 3.8) is 0 Å². The topological polar surface area (TPSA) is 62.3 Å². The molecule has 0 saturated carbocycles. The number of halogens is 3. The zero-order valence-corrected chi connectivity index (χ0v) is 19.1. The summed E-state index contributed by atoms with van der Waals surface area (Å²) in [5.74, 6) is -0.631. The van der Waals surface area contributed by atoms with E-state index in [0.717, 1.165) is 37.0 Å². The fourth-order valence-electron chi connectivity index (χ4n) is 4.22. The van der Waals surface area contributed by atoms with Crippen molar-refractivity contribution in [2.45, 2.75) is 43.9 Å². The highest BCUT2D eigenvalue weighted by Crippen LogP contribution is 2.32. The van der Waals surface area contributed by atoms with Crippen molar-refractivity contribution in [3.05, 3.63) is 87.9 Å². The summed E-state index contributed by atoms with van der Waals surface area (Å²) in [5, 5.41) is 4.59. The second kappa shape index (κ2) is 10.4. The van der Waals surface area contributed by atoms with Gasteiger partial charge in [0.25, 0.3) is 5.91 Å². The molecule has 1 saturated heterocycles. The number of pyridine rings is 1. The van der Waals surface area contributed by atoms with Crippen LogP contribution in [-0.4, -0.2) is 34.3 Å². The Morgan fingerprint density at radius 3 is 2.56 bits per heavy atom. The van der Waals surface area contributed by atoms with Crippen molar-refractivity contribution in [2.75, 3.05) is 6.54 Å². The van der Waals surface area contributed by atoms with Gasteiger partial charge >= 0.3 is 6.18 Å². The van der Waals surface area contributed by atoms with Crippen LogP contribution in [0.3, 0.4) is 0 Å². The third-order valence-corrected chi connectivity index (χ3v) is 6.79. The van der Waals surface area contributed by atoms with Gasteiger partial charge in [0.15, 0.2) is 0 Å². The lowest BCUT2D eigenvalue weighted by atomic mass is 9.94. The number of alkyl halides is 3. The van der Waals surface area contributed by atoms with Crippen molar-refractivity contribution in [1.82, 2.24) is 15.2 Å². The summed E-state index contributed by atoms with van der Waals surface area (Å²) >= 11 is 1.26. The Kier molecular flexibility index (Phi) is 7.31. The number of rotatable bonds is 6. The zero-order chi connectivity index (χ0) is 24.1. The molecule has 1 aliphatic rings. The maximum atomic E-state index is 13.7. The number of piperidine rings is 1. The lowest BCUT2D eigenvalue weighted by Crippen LogP contribution is -2.51. The Hall–Kier alpha value is -3.20. The van der Waals surface area contributed by atoms with Crippen LogP contribution in [0.5, 0.6) is 0 Å². The van der Waals surface area contributed by atoms with Crippen molar-refractivity contribution in [3.8, 4) is 0 Å². The molecule has 0 radical (unpaired) electrons. The molecule has 2 aromatic heterocycles. The van der Waals surface area contributed by atoms with Gasteiger partial charge in [0.2, 0.25) is 5.91 Å². The number of likely N-dealkylation sites (tertiary alicyclic amines) is 1. The SMILES string of the molecule is O=C(N[C@@H](Cc1ccc(C(F)(F)F)cc1)C(=O)N1CCCC[C@@H]1c1cccnc1)c1cccs1. The van der Waals surface area contributed by atoms with Gasteiger partial charge in [-0.1, -0.05) is 24.3 Å². The number of hydrogen-bond acceptors (Lipinski definition) is 4. The first-order valence-electron chi connectivity index (χ1n) is 11.0. The van der Waals surface area contributed by atoms with Crippen LogP contribution in [-0.2, 0) is 17.4 Å². The average molecular weight is 488 g/mol. The number of nitrogens with zero attached hydrogens (tertiary/aromatic N) is 2. The van der Waals surface area contributed by atoms with Crippen LogP contribution in [0.2, 0.25) is 0 Å². The van der Waals surface area contributed by atoms with Crippen LogP contribution in [0.1, 0.15) is 51.7 Å². The minimum Gasteiger partial charge on any atom is -0.339 e.